The SMILES string of the molecule is Oc1c(-c2cc(-c3ccccc3)cc(-c3cc(-c4nc5ccccn5c4-c4ccccc4)cc4c3oc3ccccc34)n2)ccc2oc3ccccc3c12. The number of benzene rings is 6. The Morgan fingerprint density at radius 2 is 1.13 bits per heavy atom. The molecule has 5 heterocycles. The third-order valence-corrected chi connectivity index (χ3v) is 10.3. The fourth-order valence-corrected chi connectivity index (χ4v) is 7.83. The van der Waals surface area contributed by atoms with Crippen molar-refractivity contribution in [3.63, 3.8) is 0 Å². The molecule has 0 amide bonds. The minimum absolute atomic E-state index is 0.126. The number of phenolic OH excluding ortho intramolecular Hbond substituents is 1. The molecule has 0 aliphatic rings. The van der Waals surface area contributed by atoms with Crippen LogP contribution in [0.25, 0.3) is 106 Å². The molecule has 5 aromatic heterocycles. The molecule has 0 spiro atoms. The number of phenols is 1. The second-order valence-corrected chi connectivity index (χ2v) is 13.5. The summed E-state index contributed by atoms with van der Waals surface area (Å²) in [5, 5.41) is 15.4. The molecular weight excluding hydrogens is 667 g/mol. The molecule has 11 rings (SSSR count). The fraction of sp³-hybridized carbons (Fsp3) is 0. The maximum Gasteiger partial charge on any atom is 0.144 e. The summed E-state index contributed by atoms with van der Waals surface area (Å²) < 4.78 is 14.9. The van der Waals surface area contributed by atoms with Gasteiger partial charge in [0, 0.05) is 44.6 Å². The van der Waals surface area contributed by atoms with Crippen LogP contribution >= 0.6 is 0 Å². The molecule has 0 unspecified atom stereocenters. The smallest absolute Gasteiger partial charge is 0.144 e. The monoisotopic (exact) mass is 695 g/mol. The quantitative estimate of drug-likeness (QED) is 0.194. The summed E-state index contributed by atoms with van der Waals surface area (Å²) in [6.07, 6.45) is 2.06. The van der Waals surface area contributed by atoms with Gasteiger partial charge >= 0.3 is 0 Å². The summed E-state index contributed by atoms with van der Waals surface area (Å²) in [6.45, 7) is 0. The molecule has 11 aromatic rings. The van der Waals surface area contributed by atoms with Gasteiger partial charge in [0.2, 0.25) is 0 Å². The third kappa shape index (κ3) is 4.67. The second-order valence-electron chi connectivity index (χ2n) is 13.5. The number of hydrogen-bond acceptors (Lipinski definition) is 5. The van der Waals surface area contributed by atoms with Gasteiger partial charge in [0.25, 0.3) is 0 Å². The Labute approximate surface area is 308 Å². The number of fused-ring (bicyclic) bond motifs is 7. The van der Waals surface area contributed by atoms with Crippen molar-refractivity contribution >= 4 is 49.5 Å². The van der Waals surface area contributed by atoms with E-state index in [-0.39, 0.29) is 5.75 Å². The van der Waals surface area contributed by atoms with Gasteiger partial charge in [-0.3, -0.25) is 4.40 Å². The predicted octanol–water partition coefficient (Wildman–Crippen LogP) is 12.6. The molecule has 0 aliphatic carbocycles. The molecule has 6 nitrogen and oxygen atoms in total. The normalized spacial score (nSPS) is 11.8. The molecule has 0 fully saturated rings. The van der Waals surface area contributed by atoms with Crippen LogP contribution in [0.15, 0.2) is 179 Å². The Morgan fingerprint density at radius 1 is 0.463 bits per heavy atom. The molecule has 0 radical (unpaired) electrons. The molecule has 0 saturated heterocycles. The molecule has 6 aromatic carbocycles. The number of hydrogen-bond donors (Lipinski definition) is 1. The number of pyridine rings is 2. The summed E-state index contributed by atoms with van der Waals surface area (Å²) in [7, 11) is 0. The topological polar surface area (TPSA) is 76.7 Å². The van der Waals surface area contributed by atoms with Crippen molar-refractivity contribution in [1.82, 2.24) is 14.4 Å². The first-order valence-electron chi connectivity index (χ1n) is 17.9. The van der Waals surface area contributed by atoms with Crippen LogP contribution in [0.4, 0.5) is 0 Å². The van der Waals surface area contributed by atoms with Crippen molar-refractivity contribution in [1.29, 1.82) is 0 Å². The van der Waals surface area contributed by atoms with Crippen LogP contribution in [-0.4, -0.2) is 19.5 Å². The molecule has 0 bridgehead atoms. The van der Waals surface area contributed by atoms with Crippen LogP contribution in [0.3, 0.4) is 0 Å². The summed E-state index contributed by atoms with van der Waals surface area (Å²) in [5.41, 5.74) is 12.3. The van der Waals surface area contributed by atoms with E-state index < -0.39 is 0 Å². The molecule has 54 heavy (non-hydrogen) atoms. The first kappa shape index (κ1) is 30.2. The van der Waals surface area contributed by atoms with Gasteiger partial charge in [-0.25, -0.2) is 9.97 Å². The van der Waals surface area contributed by atoms with E-state index in [1.54, 1.807) is 0 Å². The average molecular weight is 696 g/mol. The molecule has 0 atom stereocenters. The zero-order chi connectivity index (χ0) is 35.8. The highest BCUT2D eigenvalue weighted by molar-refractivity contribution is 6.12. The predicted molar refractivity (Wildman–Crippen MR) is 216 cm³/mol. The highest BCUT2D eigenvalue weighted by Crippen LogP contribution is 2.45. The van der Waals surface area contributed by atoms with Gasteiger partial charge < -0.3 is 13.9 Å². The van der Waals surface area contributed by atoms with Gasteiger partial charge in [-0.1, -0.05) is 103 Å². The Kier molecular flexibility index (Phi) is 6.60. The van der Waals surface area contributed by atoms with E-state index in [1.165, 1.54) is 0 Å². The first-order valence-corrected chi connectivity index (χ1v) is 17.9. The van der Waals surface area contributed by atoms with E-state index in [4.69, 9.17) is 18.8 Å². The standard InChI is InChI=1S/C48H29N3O3/c52-47-34(22-23-42-44(47)35-18-8-10-20-41(35)53-42)38-27-31(29-13-3-1-4-14-29)28-39(49-38)37-26-32(25-36-33-17-7-9-19-40(33)54-48(36)37)45-46(30-15-5-2-6-16-30)51-24-12-11-21-43(51)50-45/h1-28,52H. The first-order chi connectivity index (χ1) is 26.7. The zero-order valence-electron chi connectivity index (χ0n) is 28.8. The Balaban J connectivity index is 1.21. The van der Waals surface area contributed by atoms with Crippen molar-refractivity contribution in [2.24, 2.45) is 0 Å². The lowest BCUT2D eigenvalue weighted by Gasteiger charge is -2.13. The number of para-hydroxylation sites is 2. The summed E-state index contributed by atoms with van der Waals surface area (Å²) in [6, 6.07) is 54.9. The van der Waals surface area contributed by atoms with Gasteiger partial charge in [-0.15, -0.1) is 0 Å². The molecular formula is C48H29N3O3. The molecule has 254 valence electrons. The number of rotatable bonds is 5. The van der Waals surface area contributed by atoms with Gasteiger partial charge in [0.05, 0.1) is 28.2 Å². The van der Waals surface area contributed by atoms with E-state index in [9.17, 15) is 5.11 Å². The number of furan rings is 2. The van der Waals surface area contributed by atoms with Crippen LogP contribution < -0.4 is 0 Å². The number of nitrogens with zero attached hydrogens (tertiary/aromatic N) is 3. The largest absolute Gasteiger partial charge is 0.506 e. The lowest BCUT2D eigenvalue weighted by molar-refractivity contribution is 0.483. The van der Waals surface area contributed by atoms with Gasteiger partial charge in [0.1, 0.15) is 33.7 Å². The maximum atomic E-state index is 12.0. The minimum Gasteiger partial charge on any atom is -0.506 e. The van der Waals surface area contributed by atoms with Crippen molar-refractivity contribution < 1.29 is 13.9 Å². The van der Waals surface area contributed by atoms with E-state index >= 15 is 0 Å². The Bertz CT molecular complexity index is 3230. The van der Waals surface area contributed by atoms with Crippen molar-refractivity contribution in [2.45, 2.75) is 0 Å². The summed E-state index contributed by atoms with van der Waals surface area (Å²) in [5.74, 6) is 0.126. The molecule has 6 heteroatoms. The maximum absolute atomic E-state index is 12.0. The van der Waals surface area contributed by atoms with Crippen LogP contribution in [0.1, 0.15) is 0 Å². The minimum atomic E-state index is 0.126. The van der Waals surface area contributed by atoms with Gasteiger partial charge in [0.15, 0.2) is 0 Å². The van der Waals surface area contributed by atoms with E-state index in [0.29, 0.717) is 27.9 Å². The summed E-state index contributed by atoms with van der Waals surface area (Å²) in [4.78, 5) is 10.6. The second kappa shape index (κ2) is 11.8. The summed E-state index contributed by atoms with van der Waals surface area (Å²) >= 11 is 0. The van der Waals surface area contributed by atoms with Crippen molar-refractivity contribution in [3.05, 3.63) is 170 Å². The lowest BCUT2D eigenvalue weighted by atomic mass is 9.95. The highest BCUT2D eigenvalue weighted by atomic mass is 16.3. The number of aromatic hydroxyl groups is 1. The zero-order valence-corrected chi connectivity index (χ0v) is 28.8. The van der Waals surface area contributed by atoms with Gasteiger partial charge in [-0.2, -0.15) is 0 Å². The Morgan fingerprint density at radius 3 is 1.93 bits per heavy atom. The lowest BCUT2D eigenvalue weighted by Crippen LogP contribution is -1.94. The highest BCUT2D eigenvalue weighted by Gasteiger charge is 2.23. The van der Waals surface area contributed by atoms with Crippen LogP contribution in [0.2, 0.25) is 0 Å². The van der Waals surface area contributed by atoms with Crippen LogP contribution in [0.5, 0.6) is 5.75 Å². The Hall–Kier alpha value is -7.44. The number of imidazole rings is 1. The molecule has 0 saturated carbocycles. The van der Waals surface area contributed by atoms with E-state index in [2.05, 4.69) is 71.3 Å². The molecule has 1 N–H and O–H groups in total. The third-order valence-electron chi connectivity index (χ3n) is 10.3. The molecule has 0 aliphatic heterocycles. The van der Waals surface area contributed by atoms with Crippen molar-refractivity contribution in [3.8, 4) is 61.9 Å². The van der Waals surface area contributed by atoms with Crippen molar-refractivity contribution in [2.75, 3.05) is 0 Å². The fourth-order valence-electron chi connectivity index (χ4n) is 7.83. The van der Waals surface area contributed by atoms with E-state index in [1.807, 2.05) is 103 Å². The van der Waals surface area contributed by atoms with E-state index in [0.717, 1.165) is 77.8 Å². The van der Waals surface area contributed by atoms with Crippen LogP contribution in [0, 0.1) is 0 Å². The van der Waals surface area contributed by atoms with Crippen LogP contribution in [-0.2, 0) is 0 Å². The average Bonchev–Trinajstić information content (AvgIpc) is 3.93. The van der Waals surface area contributed by atoms with Gasteiger partial charge in [-0.05, 0) is 71.8 Å². The number of aromatic nitrogens is 3.